The van der Waals surface area contributed by atoms with Crippen LogP contribution in [-0.2, 0) is 6.54 Å². The lowest BCUT2D eigenvalue weighted by atomic mass is 10.2. The van der Waals surface area contributed by atoms with Crippen molar-refractivity contribution >= 4 is 51.6 Å². The Labute approximate surface area is 156 Å². The summed E-state index contributed by atoms with van der Waals surface area (Å²) < 4.78 is 1.43. The van der Waals surface area contributed by atoms with Crippen molar-refractivity contribution in [3.8, 4) is 0 Å². The second kappa shape index (κ2) is 7.43. The minimum atomic E-state index is -0.535. The molecule has 9 heteroatoms. The molecular weight excluding hydrogens is 385 g/mol. The fourth-order valence-corrected chi connectivity index (χ4v) is 3.70. The Balaban J connectivity index is 1.82. The van der Waals surface area contributed by atoms with Crippen molar-refractivity contribution in [3.63, 3.8) is 0 Å². The maximum atomic E-state index is 12.5. The number of non-ortho nitro benzene ring substituents is 1. The fourth-order valence-electron chi connectivity index (χ4n) is 2.26. The van der Waals surface area contributed by atoms with Crippen molar-refractivity contribution in [2.45, 2.75) is 11.4 Å². The number of hydrogen-bond acceptors (Lipinski definition) is 5. The highest BCUT2D eigenvalue weighted by Gasteiger charge is 2.11. The van der Waals surface area contributed by atoms with Crippen LogP contribution < -0.4 is 5.56 Å². The van der Waals surface area contributed by atoms with Crippen LogP contribution in [0.3, 0.4) is 0 Å². The van der Waals surface area contributed by atoms with E-state index in [0.717, 1.165) is 4.90 Å². The quantitative estimate of drug-likeness (QED) is 0.363. The van der Waals surface area contributed by atoms with E-state index in [1.165, 1.54) is 40.9 Å². The van der Waals surface area contributed by atoms with Gasteiger partial charge >= 0.3 is 0 Å². The van der Waals surface area contributed by atoms with Crippen LogP contribution in [0.15, 0.2) is 52.4 Å². The maximum Gasteiger partial charge on any atom is 0.270 e. The number of nitro groups is 1. The van der Waals surface area contributed by atoms with Gasteiger partial charge in [0.05, 0.1) is 27.2 Å². The standard InChI is InChI=1S/C16H11Cl2N3O3S/c17-10-1-3-13(18)15(7-10)25-6-5-20-9-19-14-4-2-11(21(23)24)8-12(14)16(20)22/h1-4,7-9H,5-6H2. The van der Waals surface area contributed by atoms with Gasteiger partial charge in [-0.3, -0.25) is 19.5 Å². The summed E-state index contributed by atoms with van der Waals surface area (Å²) in [6.07, 6.45) is 1.44. The minimum absolute atomic E-state index is 0.135. The summed E-state index contributed by atoms with van der Waals surface area (Å²) in [6.45, 7) is 0.387. The van der Waals surface area contributed by atoms with Crippen LogP contribution in [0.2, 0.25) is 10.0 Å². The van der Waals surface area contributed by atoms with Crippen LogP contribution in [0.5, 0.6) is 0 Å². The van der Waals surface area contributed by atoms with E-state index < -0.39 is 4.92 Å². The van der Waals surface area contributed by atoms with Crippen LogP contribution in [0, 0.1) is 10.1 Å². The van der Waals surface area contributed by atoms with Crippen LogP contribution in [-0.4, -0.2) is 20.2 Å². The van der Waals surface area contributed by atoms with Crippen molar-refractivity contribution in [2.24, 2.45) is 0 Å². The third-order valence-corrected chi connectivity index (χ3v) is 5.21. The van der Waals surface area contributed by atoms with E-state index in [2.05, 4.69) is 4.98 Å². The van der Waals surface area contributed by atoms with Gasteiger partial charge in [0.25, 0.3) is 11.2 Å². The van der Waals surface area contributed by atoms with Gasteiger partial charge in [-0.1, -0.05) is 23.2 Å². The Morgan fingerprint density at radius 3 is 2.76 bits per heavy atom. The van der Waals surface area contributed by atoms with Crippen LogP contribution >= 0.6 is 35.0 Å². The lowest BCUT2D eigenvalue weighted by molar-refractivity contribution is -0.384. The van der Waals surface area contributed by atoms with Crippen molar-refractivity contribution in [3.05, 3.63) is 73.2 Å². The first kappa shape index (κ1) is 17.7. The third-order valence-electron chi connectivity index (χ3n) is 3.50. The summed E-state index contributed by atoms with van der Waals surface area (Å²) in [4.78, 5) is 27.9. The molecule has 0 aliphatic heterocycles. The third kappa shape index (κ3) is 3.95. The predicted octanol–water partition coefficient (Wildman–Crippen LogP) is 4.40. The number of nitrogens with zero attached hydrogens (tertiary/aromatic N) is 3. The average molecular weight is 396 g/mol. The number of nitro benzene ring substituents is 1. The molecule has 0 amide bonds. The van der Waals surface area contributed by atoms with E-state index in [-0.39, 0.29) is 16.6 Å². The average Bonchev–Trinajstić information content (AvgIpc) is 2.59. The van der Waals surface area contributed by atoms with Crippen molar-refractivity contribution in [1.82, 2.24) is 9.55 Å². The molecule has 0 bridgehead atoms. The summed E-state index contributed by atoms with van der Waals surface area (Å²) >= 11 is 13.5. The van der Waals surface area contributed by atoms with E-state index in [0.29, 0.717) is 27.9 Å². The molecule has 3 aromatic rings. The summed E-state index contributed by atoms with van der Waals surface area (Å²) in [7, 11) is 0. The number of rotatable bonds is 5. The Bertz CT molecular complexity index is 1020. The molecule has 3 rings (SSSR count). The summed E-state index contributed by atoms with van der Waals surface area (Å²) in [5.74, 6) is 0.572. The van der Waals surface area contributed by atoms with E-state index in [1.54, 1.807) is 18.2 Å². The second-order valence-electron chi connectivity index (χ2n) is 5.12. The largest absolute Gasteiger partial charge is 0.298 e. The molecule has 1 heterocycles. The number of halogens is 2. The molecule has 0 unspecified atom stereocenters. The van der Waals surface area contributed by atoms with Crippen molar-refractivity contribution < 1.29 is 4.92 Å². The van der Waals surface area contributed by atoms with Crippen LogP contribution in [0.1, 0.15) is 0 Å². The number of thioether (sulfide) groups is 1. The molecule has 0 N–H and O–H groups in total. The van der Waals surface area contributed by atoms with Gasteiger partial charge in [-0.15, -0.1) is 11.8 Å². The molecule has 0 saturated heterocycles. The van der Waals surface area contributed by atoms with Gasteiger partial charge in [-0.05, 0) is 24.3 Å². The molecule has 0 radical (unpaired) electrons. The normalized spacial score (nSPS) is 11.0. The predicted molar refractivity (Wildman–Crippen MR) is 99.8 cm³/mol. The molecule has 128 valence electrons. The molecule has 2 aromatic carbocycles. The number of aryl methyl sites for hydroxylation is 1. The summed E-state index contributed by atoms with van der Waals surface area (Å²) in [5, 5.41) is 12.3. The topological polar surface area (TPSA) is 78.0 Å². The fraction of sp³-hybridized carbons (Fsp3) is 0.125. The lowest BCUT2D eigenvalue weighted by Crippen LogP contribution is -2.21. The van der Waals surface area contributed by atoms with E-state index >= 15 is 0 Å². The highest BCUT2D eigenvalue weighted by atomic mass is 35.5. The first-order valence-electron chi connectivity index (χ1n) is 7.17. The van der Waals surface area contributed by atoms with Crippen LogP contribution in [0.25, 0.3) is 10.9 Å². The molecule has 0 atom stereocenters. The molecule has 0 aliphatic rings. The van der Waals surface area contributed by atoms with E-state index in [9.17, 15) is 14.9 Å². The molecule has 0 saturated carbocycles. The number of aromatic nitrogens is 2. The highest BCUT2D eigenvalue weighted by molar-refractivity contribution is 7.99. The number of benzene rings is 2. The smallest absolute Gasteiger partial charge is 0.270 e. The lowest BCUT2D eigenvalue weighted by Gasteiger charge is -2.08. The highest BCUT2D eigenvalue weighted by Crippen LogP contribution is 2.29. The zero-order valence-electron chi connectivity index (χ0n) is 12.7. The summed E-state index contributed by atoms with van der Waals surface area (Å²) in [6, 6.07) is 9.24. The molecule has 1 aromatic heterocycles. The zero-order chi connectivity index (χ0) is 18.0. The van der Waals surface area contributed by atoms with Gasteiger partial charge in [0.1, 0.15) is 0 Å². The van der Waals surface area contributed by atoms with Gasteiger partial charge in [0, 0.05) is 34.3 Å². The van der Waals surface area contributed by atoms with Crippen LogP contribution in [0.4, 0.5) is 5.69 Å². The monoisotopic (exact) mass is 395 g/mol. The Morgan fingerprint density at radius 2 is 2.00 bits per heavy atom. The van der Waals surface area contributed by atoms with Gasteiger partial charge in [0.2, 0.25) is 0 Å². The molecule has 0 spiro atoms. The molecular formula is C16H11Cl2N3O3S. The molecule has 25 heavy (non-hydrogen) atoms. The number of fused-ring (bicyclic) bond motifs is 1. The first-order valence-corrected chi connectivity index (χ1v) is 8.91. The minimum Gasteiger partial charge on any atom is -0.298 e. The molecule has 6 nitrogen and oxygen atoms in total. The zero-order valence-corrected chi connectivity index (χ0v) is 15.0. The van der Waals surface area contributed by atoms with Gasteiger partial charge in [-0.25, -0.2) is 4.98 Å². The second-order valence-corrected chi connectivity index (χ2v) is 7.11. The van der Waals surface area contributed by atoms with Crippen molar-refractivity contribution in [1.29, 1.82) is 0 Å². The van der Waals surface area contributed by atoms with Gasteiger partial charge in [-0.2, -0.15) is 0 Å². The summed E-state index contributed by atoms with van der Waals surface area (Å²) in [5.41, 5.74) is -0.0203. The van der Waals surface area contributed by atoms with Gasteiger partial charge < -0.3 is 0 Å². The first-order chi connectivity index (χ1) is 12.0. The number of hydrogen-bond donors (Lipinski definition) is 0. The Kier molecular flexibility index (Phi) is 5.27. The Hall–Kier alpha value is -2.09. The van der Waals surface area contributed by atoms with E-state index in [4.69, 9.17) is 23.2 Å². The SMILES string of the molecule is O=c1c2cc([N+](=O)[O-])ccc2ncn1CCSc1cc(Cl)ccc1Cl. The molecule has 0 fully saturated rings. The van der Waals surface area contributed by atoms with Gasteiger partial charge in [0.15, 0.2) is 0 Å². The van der Waals surface area contributed by atoms with Crippen molar-refractivity contribution in [2.75, 3.05) is 5.75 Å². The maximum absolute atomic E-state index is 12.5. The van der Waals surface area contributed by atoms with E-state index in [1.807, 2.05) is 0 Å². The Morgan fingerprint density at radius 1 is 1.20 bits per heavy atom. The molecule has 0 aliphatic carbocycles.